The Morgan fingerprint density at radius 2 is 1.92 bits per heavy atom. The van der Waals surface area contributed by atoms with E-state index in [1.165, 1.54) is 58.0 Å². The fraction of sp³-hybridized carbons (Fsp3) is 0.944. The standard InChI is InChI=1S/C18H34N4O.HI/c1-2-19-18(20-14-17-8-4-7-13-23-17)22-12-9-16(15-22)21-10-5-3-6-11-21;/h16-17H,2-15H2,1H3,(H,19,20);1H. The number of halogens is 1. The maximum absolute atomic E-state index is 5.82. The number of nitrogens with zero attached hydrogens (tertiary/aromatic N) is 3. The van der Waals surface area contributed by atoms with Gasteiger partial charge in [0.1, 0.15) is 0 Å². The Balaban J connectivity index is 0.00000208. The molecule has 0 aromatic heterocycles. The number of piperidine rings is 1. The Kier molecular flexibility index (Phi) is 9.11. The van der Waals surface area contributed by atoms with Gasteiger partial charge in [0.05, 0.1) is 12.6 Å². The molecular weight excluding hydrogens is 415 g/mol. The van der Waals surface area contributed by atoms with E-state index >= 15 is 0 Å². The van der Waals surface area contributed by atoms with Crippen LogP contribution in [0.4, 0.5) is 0 Å². The van der Waals surface area contributed by atoms with E-state index in [4.69, 9.17) is 9.73 Å². The van der Waals surface area contributed by atoms with Crippen molar-refractivity contribution in [3.8, 4) is 0 Å². The number of likely N-dealkylation sites (tertiary alicyclic amines) is 2. The van der Waals surface area contributed by atoms with Crippen LogP contribution in [0.1, 0.15) is 51.9 Å². The molecule has 0 spiro atoms. The molecule has 3 aliphatic heterocycles. The van der Waals surface area contributed by atoms with E-state index in [0.717, 1.165) is 44.8 Å². The number of aliphatic imine (C=N–C) groups is 1. The van der Waals surface area contributed by atoms with E-state index < -0.39 is 0 Å². The summed E-state index contributed by atoms with van der Waals surface area (Å²) in [5.74, 6) is 1.10. The van der Waals surface area contributed by atoms with Crippen molar-refractivity contribution in [1.82, 2.24) is 15.1 Å². The zero-order chi connectivity index (χ0) is 15.9. The lowest BCUT2D eigenvalue weighted by atomic mass is 10.1. The molecule has 140 valence electrons. The van der Waals surface area contributed by atoms with Crippen LogP contribution < -0.4 is 5.32 Å². The topological polar surface area (TPSA) is 40.1 Å². The summed E-state index contributed by atoms with van der Waals surface area (Å²) in [5, 5.41) is 3.49. The number of hydrogen-bond acceptors (Lipinski definition) is 3. The number of rotatable bonds is 4. The molecule has 2 atom stereocenters. The minimum absolute atomic E-state index is 0. The summed E-state index contributed by atoms with van der Waals surface area (Å²) in [5.41, 5.74) is 0. The van der Waals surface area contributed by atoms with Gasteiger partial charge in [0.15, 0.2) is 5.96 Å². The molecule has 3 heterocycles. The molecule has 0 aromatic carbocycles. The van der Waals surface area contributed by atoms with Crippen molar-refractivity contribution in [3.05, 3.63) is 0 Å². The molecule has 0 bridgehead atoms. The maximum atomic E-state index is 5.82. The summed E-state index contributed by atoms with van der Waals surface area (Å²) in [7, 11) is 0. The van der Waals surface area contributed by atoms with Gasteiger partial charge in [-0.2, -0.15) is 0 Å². The van der Waals surface area contributed by atoms with Crippen molar-refractivity contribution in [2.45, 2.75) is 64.0 Å². The van der Waals surface area contributed by atoms with Crippen molar-refractivity contribution < 1.29 is 4.74 Å². The Morgan fingerprint density at radius 3 is 2.62 bits per heavy atom. The van der Waals surface area contributed by atoms with Crippen LogP contribution in [-0.2, 0) is 4.74 Å². The molecule has 3 fully saturated rings. The molecule has 3 saturated heterocycles. The minimum Gasteiger partial charge on any atom is -0.376 e. The summed E-state index contributed by atoms with van der Waals surface area (Å²) in [4.78, 5) is 10.1. The van der Waals surface area contributed by atoms with Gasteiger partial charge < -0.3 is 15.0 Å². The molecule has 0 radical (unpaired) electrons. The zero-order valence-corrected chi connectivity index (χ0v) is 17.5. The van der Waals surface area contributed by atoms with E-state index in [1.807, 2.05) is 0 Å². The molecule has 2 unspecified atom stereocenters. The normalized spacial score (nSPS) is 29.4. The van der Waals surface area contributed by atoms with Gasteiger partial charge in [-0.3, -0.25) is 9.89 Å². The van der Waals surface area contributed by atoms with Crippen molar-refractivity contribution in [2.75, 3.05) is 45.9 Å². The van der Waals surface area contributed by atoms with Crippen LogP contribution in [0.3, 0.4) is 0 Å². The first-order valence-electron chi connectivity index (χ1n) is 9.75. The highest BCUT2D eigenvalue weighted by Crippen LogP contribution is 2.20. The zero-order valence-electron chi connectivity index (χ0n) is 15.2. The molecule has 24 heavy (non-hydrogen) atoms. The van der Waals surface area contributed by atoms with Gasteiger partial charge in [-0.05, 0) is 58.5 Å². The van der Waals surface area contributed by atoms with E-state index in [9.17, 15) is 0 Å². The molecule has 0 aliphatic carbocycles. The van der Waals surface area contributed by atoms with Gasteiger partial charge in [0.2, 0.25) is 0 Å². The molecule has 0 saturated carbocycles. The van der Waals surface area contributed by atoms with Crippen LogP contribution in [0.5, 0.6) is 0 Å². The first kappa shape index (κ1) is 20.2. The Bertz CT molecular complexity index is 381. The van der Waals surface area contributed by atoms with Gasteiger partial charge in [-0.25, -0.2) is 0 Å². The molecule has 3 aliphatic rings. The highest BCUT2D eigenvalue weighted by atomic mass is 127. The van der Waals surface area contributed by atoms with Crippen LogP contribution in [0.25, 0.3) is 0 Å². The maximum Gasteiger partial charge on any atom is 0.194 e. The molecular formula is C18H35IN4O. The largest absolute Gasteiger partial charge is 0.376 e. The lowest BCUT2D eigenvalue weighted by Gasteiger charge is -2.32. The van der Waals surface area contributed by atoms with E-state index in [2.05, 4.69) is 22.0 Å². The molecule has 5 nitrogen and oxygen atoms in total. The summed E-state index contributed by atoms with van der Waals surface area (Å²) < 4.78 is 5.82. The van der Waals surface area contributed by atoms with E-state index in [0.29, 0.717) is 6.10 Å². The Morgan fingerprint density at radius 1 is 1.08 bits per heavy atom. The van der Waals surface area contributed by atoms with Gasteiger partial charge in [0.25, 0.3) is 0 Å². The predicted molar refractivity (Wildman–Crippen MR) is 110 cm³/mol. The summed E-state index contributed by atoms with van der Waals surface area (Å²) in [6.45, 7) is 9.69. The summed E-state index contributed by atoms with van der Waals surface area (Å²) >= 11 is 0. The number of hydrogen-bond donors (Lipinski definition) is 1. The van der Waals surface area contributed by atoms with E-state index in [1.54, 1.807) is 0 Å². The smallest absolute Gasteiger partial charge is 0.194 e. The fourth-order valence-corrected chi connectivity index (χ4v) is 4.08. The van der Waals surface area contributed by atoms with Crippen molar-refractivity contribution in [3.63, 3.8) is 0 Å². The van der Waals surface area contributed by atoms with Gasteiger partial charge in [0, 0.05) is 32.3 Å². The summed E-state index contributed by atoms with van der Waals surface area (Å²) in [6.07, 6.45) is 9.45. The first-order chi connectivity index (χ1) is 11.4. The number of nitrogens with one attached hydrogen (secondary N) is 1. The van der Waals surface area contributed by atoms with Crippen LogP contribution in [0, 0.1) is 0 Å². The number of guanidine groups is 1. The van der Waals surface area contributed by atoms with Crippen LogP contribution in [-0.4, -0.2) is 73.8 Å². The lowest BCUT2D eigenvalue weighted by Crippen LogP contribution is -2.44. The molecule has 1 N–H and O–H groups in total. The van der Waals surface area contributed by atoms with E-state index in [-0.39, 0.29) is 24.0 Å². The second-order valence-corrected chi connectivity index (χ2v) is 7.17. The molecule has 0 aromatic rings. The third kappa shape index (κ3) is 5.73. The second kappa shape index (κ2) is 10.8. The van der Waals surface area contributed by atoms with Gasteiger partial charge in [-0.1, -0.05) is 6.42 Å². The van der Waals surface area contributed by atoms with Crippen LogP contribution >= 0.6 is 24.0 Å². The monoisotopic (exact) mass is 450 g/mol. The molecule has 3 rings (SSSR count). The van der Waals surface area contributed by atoms with Gasteiger partial charge >= 0.3 is 0 Å². The van der Waals surface area contributed by atoms with Crippen LogP contribution in [0.15, 0.2) is 4.99 Å². The van der Waals surface area contributed by atoms with Crippen molar-refractivity contribution >= 4 is 29.9 Å². The third-order valence-corrected chi connectivity index (χ3v) is 5.42. The first-order valence-corrected chi connectivity index (χ1v) is 9.75. The van der Waals surface area contributed by atoms with Gasteiger partial charge in [-0.15, -0.1) is 24.0 Å². The molecule has 0 amide bonds. The minimum atomic E-state index is 0. The second-order valence-electron chi connectivity index (χ2n) is 7.17. The molecule has 6 heteroatoms. The van der Waals surface area contributed by atoms with Crippen LogP contribution in [0.2, 0.25) is 0 Å². The average Bonchev–Trinajstić information content (AvgIpc) is 3.10. The Labute approximate surface area is 164 Å². The lowest BCUT2D eigenvalue weighted by molar-refractivity contribution is 0.0223. The fourth-order valence-electron chi connectivity index (χ4n) is 4.08. The van der Waals surface area contributed by atoms with Crippen molar-refractivity contribution in [2.24, 2.45) is 4.99 Å². The van der Waals surface area contributed by atoms with Crippen molar-refractivity contribution in [1.29, 1.82) is 0 Å². The number of ether oxygens (including phenoxy) is 1. The SMILES string of the molecule is CCNC(=NCC1CCCCO1)N1CCC(N2CCCCC2)C1.I. The summed E-state index contributed by atoms with van der Waals surface area (Å²) in [6, 6.07) is 0.727. The Hall–Kier alpha value is -0.0800. The highest BCUT2D eigenvalue weighted by Gasteiger charge is 2.30. The highest BCUT2D eigenvalue weighted by molar-refractivity contribution is 14.0. The average molecular weight is 450 g/mol. The third-order valence-electron chi connectivity index (χ3n) is 5.42. The quantitative estimate of drug-likeness (QED) is 0.406. The predicted octanol–water partition coefficient (Wildman–Crippen LogP) is 2.70.